The predicted molar refractivity (Wildman–Crippen MR) is 75.5 cm³/mol. The summed E-state index contributed by atoms with van der Waals surface area (Å²) in [5.41, 5.74) is 1.21. The van der Waals surface area contributed by atoms with E-state index in [-0.39, 0.29) is 6.04 Å². The van der Waals surface area contributed by atoms with Gasteiger partial charge in [-0.2, -0.15) is 0 Å². The average Bonchev–Trinajstić information content (AvgIpc) is 2.79. The molecule has 2 unspecified atom stereocenters. The van der Waals surface area contributed by atoms with Crippen LogP contribution in [0, 0.1) is 0 Å². The molecule has 1 aliphatic rings. The molecule has 96 valence electrons. The van der Waals surface area contributed by atoms with Crippen molar-refractivity contribution in [1.29, 1.82) is 0 Å². The summed E-state index contributed by atoms with van der Waals surface area (Å²) >= 11 is 0. The first-order valence-corrected chi connectivity index (χ1v) is 6.41. The van der Waals surface area contributed by atoms with Crippen LogP contribution in [0.2, 0.25) is 0 Å². The average molecular weight is 253 g/mol. The van der Waals surface area contributed by atoms with Gasteiger partial charge in [0.05, 0.1) is 0 Å². The van der Waals surface area contributed by atoms with Gasteiger partial charge in [-0.1, -0.05) is 42.5 Å². The van der Waals surface area contributed by atoms with Gasteiger partial charge in [0, 0.05) is 6.92 Å². The predicted octanol–water partition coefficient (Wildman–Crippen LogP) is 2.77. The Morgan fingerprint density at radius 1 is 1.21 bits per heavy atom. The molecule has 2 aromatic carbocycles. The molecule has 0 saturated heterocycles. The first-order valence-electron chi connectivity index (χ1n) is 6.41. The van der Waals surface area contributed by atoms with E-state index in [1.807, 2.05) is 18.2 Å². The second-order valence-electron chi connectivity index (χ2n) is 4.78. The Morgan fingerprint density at radius 2 is 2.00 bits per heavy atom. The van der Waals surface area contributed by atoms with Crippen molar-refractivity contribution in [1.82, 2.24) is 0 Å². The number of benzene rings is 2. The molecule has 0 saturated carbocycles. The fourth-order valence-electron chi connectivity index (χ4n) is 2.59. The molecule has 0 fully saturated rings. The van der Waals surface area contributed by atoms with Gasteiger partial charge in [-0.25, -0.2) is 4.99 Å². The molecule has 19 heavy (non-hydrogen) atoms. The van der Waals surface area contributed by atoms with E-state index in [0.717, 1.165) is 12.7 Å². The Bertz CT molecular complexity index is 643. The molecule has 0 amide bonds. The van der Waals surface area contributed by atoms with Crippen molar-refractivity contribution in [3.8, 4) is 0 Å². The molecule has 0 aliphatic carbocycles. The van der Waals surface area contributed by atoms with E-state index in [2.05, 4.69) is 29.3 Å². The Hall–Kier alpha value is -2.16. The maximum Gasteiger partial charge on any atom is 0.181 e. The molecule has 1 heterocycles. The molecule has 1 aliphatic heterocycles. The smallest absolute Gasteiger partial charge is 0.181 e. The van der Waals surface area contributed by atoms with Gasteiger partial charge in [-0.3, -0.25) is 4.79 Å². The molecular weight excluding hydrogens is 238 g/mol. The number of rotatable bonds is 3. The number of hydrogen-bond donors (Lipinski definition) is 0. The Labute approximate surface area is 111 Å². The van der Waals surface area contributed by atoms with Gasteiger partial charge < -0.3 is 4.74 Å². The monoisotopic (exact) mass is 253 g/mol. The summed E-state index contributed by atoms with van der Waals surface area (Å²) in [6, 6.07) is 14.4. The summed E-state index contributed by atoms with van der Waals surface area (Å²) in [4.78, 5) is 15.4. The van der Waals surface area contributed by atoms with E-state index in [9.17, 15) is 4.79 Å². The highest BCUT2D eigenvalue weighted by Crippen LogP contribution is 2.23. The van der Waals surface area contributed by atoms with Gasteiger partial charge in [0.25, 0.3) is 0 Å². The van der Waals surface area contributed by atoms with Crippen molar-refractivity contribution >= 4 is 23.0 Å². The van der Waals surface area contributed by atoms with Crippen molar-refractivity contribution in [3.05, 3.63) is 48.0 Å². The van der Waals surface area contributed by atoms with Crippen molar-refractivity contribution in [2.75, 3.05) is 0 Å². The van der Waals surface area contributed by atoms with Crippen LogP contribution in [0.25, 0.3) is 10.8 Å². The number of ether oxygens (including phenoxy) is 1. The van der Waals surface area contributed by atoms with Crippen LogP contribution in [0.5, 0.6) is 0 Å². The van der Waals surface area contributed by atoms with Crippen LogP contribution in [0.3, 0.4) is 0 Å². The van der Waals surface area contributed by atoms with Crippen LogP contribution in [0.1, 0.15) is 12.5 Å². The minimum atomic E-state index is -0.445. The number of carbonyl (C=O) groups is 1. The van der Waals surface area contributed by atoms with E-state index in [0.29, 0.717) is 5.90 Å². The lowest BCUT2D eigenvalue weighted by Gasteiger charge is -2.13. The van der Waals surface area contributed by atoms with Gasteiger partial charge in [-0.15, -0.1) is 0 Å². The van der Waals surface area contributed by atoms with Gasteiger partial charge >= 0.3 is 0 Å². The standard InChI is InChI=1S/C16H15NO2/c1-11-17-15(16(10-18)19-11)9-13-7-4-6-12-5-2-3-8-14(12)13/h2-8,10,15-16H,9H2,1H3. The van der Waals surface area contributed by atoms with Crippen molar-refractivity contribution in [2.45, 2.75) is 25.5 Å². The zero-order valence-electron chi connectivity index (χ0n) is 10.7. The van der Waals surface area contributed by atoms with Crippen molar-refractivity contribution < 1.29 is 9.53 Å². The number of aliphatic imine (C=N–C) groups is 1. The van der Waals surface area contributed by atoms with Gasteiger partial charge in [0.15, 0.2) is 18.3 Å². The van der Waals surface area contributed by atoms with E-state index >= 15 is 0 Å². The zero-order valence-corrected chi connectivity index (χ0v) is 10.7. The summed E-state index contributed by atoms with van der Waals surface area (Å²) < 4.78 is 5.39. The van der Waals surface area contributed by atoms with Crippen LogP contribution < -0.4 is 0 Å². The van der Waals surface area contributed by atoms with Crippen molar-refractivity contribution in [2.24, 2.45) is 4.99 Å². The first kappa shape index (κ1) is 11.9. The first-order chi connectivity index (χ1) is 9.28. The minimum Gasteiger partial charge on any atom is -0.468 e. The summed E-state index contributed by atoms with van der Waals surface area (Å²) in [6.45, 7) is 1.79. The Morgan fingerprint density at radius 3 is 2.84 bits per heavy atom. The molecule has 0 N–H and O–H groups in total. The summed E-state index contributed by atoms with van der Waals surface area (Å²) in [6.07, 6.45) is 1.12. The third-order valence-corrected chi connectivity index (χ3v) is 3.48. The highest BCUT2D eigenvalue weighted by molar-refractivity contribution is 5.86. The molecule has 3 heteroatoms. The lowest BCUT2D eigenvalue weighted by Crippen LogP contribution is -2.25. The molecule has 0 bridgehead atoms. The lowest BCUT2D eigenvalue weighted by atomic mass is 9.97. The van der Waals surface area contributed by atoms with Crippen LogP contribution in [-0.2, 0) is 16.0 Å². The Balaban J connectivity index is 1.95. The Kier molecular flexibility index (Phi) is 3.03. The largest absolute Gasteiger partial charge is 0.468 e. The minimum absolute atomic E-state index is 0.108. The topological polar surface area (TPSA) is 38.7 Å². The molecular formula is C16H15NO2. The number of carbonyl (C=O) groups excluding carboxylic acids is 1. The third kappa shape index (κ3) is 2.24. The number of aldehydes is 1. The van der Waals surface area contributed by atoms with Gasteiger partial charge in [-0.05, 0) is 22.8 Å². The molecule has 0 spiro atoms. The van der Waals surface area contributed by atoms with Crippen molar-refractivity contribution in [3.63, 3.8) is 0 Å². The third-order valence-electron chi connectivity index (χ3n) is 3.48. The molecule has 2 aromatic rings. The molecule has 3 nitrogen and oxygen atoms in total. The fourth-order valence-corrected chi connectivity index (χ4v) is 2.59. The highest BCUT2D eigenvalue weighted by atomic mass is 16.5. The normalized spacial score (nSPS) is 22.1. The molecule has 3 rings (SSSR count). The van der Waals surface area contributed by atoms with Gasteiger partial charge in [0.1, 0.15) is 6.04 Å². The number of fused-ring (bicyclic) bond motifs is 1. The zero-order chi connectivity index (χ0) is 13.2. The van der Waals surface area contributed by atoms with Crippen LogP contribution in [0.15, 0.2) is 47.5 Å². The van der Waals surface area contributed by atoms with E-state index in [4.69, 9.17) is 4.74 Å². The van der Waals surface area contributed by atoms with Gasteiger partial charge in [0.2, 0.25) is 0 Å². The lowest BCUT2D eigenvalue weighted by molar-refractivity contribution is -0.114. The molecule has 0 radical (unpaired) electrons. The SMILES string of the molecule is CC1=NC(Cc2cccc3ccccc23)C(C=O)O1. The number of hydrogen-bond acceptors (Lipinski definition) is 3. The van der Waals surface area contributed by atoms with E-state index in [1.165, 1.54) is 16.3 Å². The van der Waals surface area contributed by atoms with E-state index < -0.39 is 6.10 Å². The second kappa shape index (κ2) is 4.84. The summed E-state index contributed by atoms with van der Waals surface area (Å²) in [5, 5.41) is 2.43. The summed E-state index contributed by atoms with van der Waals surface area (Å²) in [7, 11) is 0. The maximum atomic E-state index is 11.0. The van der Waals surface area contributed by atoms with Crippen LogP contribution in [0.4, 0.5) is 0 Å². The quantitative estimate of drug-likeness (QED) is 0.789. The number of nitrogens with zero attached hydrogens (tertiary/aromatic N) is 1. The second-order valence-corrected chi connectivity index (χ2v) is 4.78. The van der Waals surface area contributed by atoms with E-state index in [1.54, 1.807) is 6.92 Å². The highest BCUT2D eigenvalue weighted by Gasteiger charge is 2.29. The van der Waals surface area contributed by atoms with Crippen LogP contribution in [-0.4, -0.2) is 24.3 Å². The maximum absolute atomic E-state index is 11.0. The van der Waals surface area contributed by atoms with Crippen LogP contribution >= 0.6 is 0 Å². The summed E-state index contributed by atoms with van der Waals surface area (Å²) in [5.74, 6) is 0.599. The molecule has 0 aromatic heterocycles. The molecule has 2 atom stereocenters. The fraction of sp³-hybridized carbons (Fsp3) is 0.250.